The van der Waals surface area contributed by atoms with E-state index in [0.717, 1.165) is 70.6 Å². The topological polar surface area (TPSA) is 78.9 Å². The van der Waals surface area contributed by atoms with Crippen molar-refractivity contribution in [3.63, 3.8) is 0 Å². The summed E-state index contributed by atoms with van der Waals surface area (Å²) >= 11 is 0. The molecule has 0 rings (SSSR count). The number of hydrogen-bond acceptors (Lipinski definition) is 6. The molecule has 0 amide bonds. The molecule has 0 heterocycles. The highest BCUT2D eigenvalue weighted by atomic mass is 16.6. The molecule has 0 N–H and O–H groups in total. The Morgan fingerprint density at radius 3 is 0.725 bits per heavy atom. The molecule has 0 aliphatic heterocycles. The standard InChI is InChI=1S/C63H118O6/c1-4-7-10-13-16-19-22-25-28-31-32-33-36-38-41-44-47-50-53-56-62(65)68-59-60(69-63(66)57-54-51-48-45-42-39-35-30-27-24-21-18-15-12-9-6-3)58-67-61(64)55-52-49-46-43-40-37-34-29-26-23-20-17-14-11-8-5-2/h29-30,34-35,60H,4-28,31-33,36-59H2,1-3H3/b34-29-,35-30-/t60-/m1/s1. The highest BCUT2D eigenvalue weighted by Crippen LogP contribution is 2.17. The molecule has 0 aliphatic rings. The van der Waals surface area contributed by atoms with Crippen LogP contribution in [-0.2, 0) is 28.6 Å². The predicted octanol–water partition coefficient (Wildman–Crippen LogP) is 20.7. The fraction of sp³-hybridized carbons (Fsp3) is 0.889. The number of esters is 3. The van der Waals surface area contributed by atoms with E-state index in [-0.39, 0.29) is 31.1 Å². The van der Waals surface area contributed by atoms with Gasteiger partial charge in [-0.25, -0.2) is 0 Å². The Balaban J connectivity index is 4.33. The molecule has 0 saturated heterocycles. The smallest absolute Gasteiger partial charge is 0.306 e. The van der Waals surface area contributed by atoms with Crippen LogP contribution in [0.25, 0.3) is 0 Å². The molecule has 0 saturated carbocycles. The largest absolute Gasteiger partial charge is 0.462 e. The monoisotopic (exact) mass is 971 g/mol. The number of ether oxygens (including phenoxy) is 3. The number of allylic oxidation sites excluding steroid dienone is 4. The lowest BCUT2D eigenvalue weighted by atomic mass is 10.0. The predicted molar refractivity (Wildman–Crippen MR) is 298 cm³/mol. The van der Waals surface area contributed by atoms with Crippen LogP contribution < -0.4 is 0 Å². The summed E-state index contributed by atoms with van der Waals surface area (Å²) in [5, 5.41) is 0. The van der Waals surface area contributed by atoms with Crippen LogP contribution in [0.5, 0.6) is 0 Å². The molecule has 69 heavy (non-hydrogen) atoms. The average molecular weight is 972 g/mol. The van der Waals surface area contributed by atoms with Crippen molar-refractivity contribution in [1.29, 1.82) is 0 Å². The molecule has 6 nitrogen and oxygen atoms in total. The van der Waals surface area contributed by atoms with Gasteiger partial charge in [0.1, 0.15) is 13.2 Å². The summed E-state index contributed by atoms with van der Waals surface area (Å²) in [4.78, 5) is 38.2. The third-order valence-electron chi connectivity index (χ3n) is 13.9. The Bertz CT molecular complexity index is 1110. The number of hydrogen-bond donors (Lipinski definition) is 0. The van der Waals surface area contributed by atoms with E-state index in [0.29, 0.717) is 19.3 Å². The van der Waals surface area contributed by atoms with Crippen molar-refractivity contribution >= 4 is 17.9 Å². The van der Waals surface area contributed by atoms with E-state index >= 15 is 0 Å². The van der Waals surface area contributed by atoms with E-state index in [1.54, 1.807) is 0 Å². The molecule has 6 heteroatoms. The highest BCUT2D eigenvalue weighted by Gasteiger charge is 2.19. The number of carbonyl (C=O) groups is 3. The van der Waals surface area contributed by atoms with Crippen LogP contribution in [0.3, 0.4) is 0 Å². The quantitative estimate of drug-likeness (QED) is 0.0261. The number of carbonyl (C=O) groups excluding carboxylic acids is 3. The molecule has 0 aromatic heterocycles. The molecule has 0 unspecified atom stereocenters. The van der Waals surface area contributed by atoms with Crippen molar-refractivity contribution in [2.75, 3.05) is 13.2 Å². The summed E-state index contributed by atoms with van der Waals surface area (Å²) in [7, 11) is 0. The molecule has 0 fully saturated rings. The second kappa shape index (κ2) is 58.5. The van der Waals surface area contributed by atoms with Crippen LogP contribution in [0.4, 0.5) is 0 Å². The Kier molecular flexibility index (Phi) is 56.7. The third kappa shape index (κ3) is 56.7. The number of unbranched alkanes of at least 4 members (excludes halogenated alkanes) is 42. The van der Waals surface area contributed by atoms with E-state index in [4.69, 9.17) is 14.2 Å². The van der Waals surface area contributed by atoms with Crippen molar-refractivity contribution in [1.82, 2.24) is 0 Å². The minimum absolute atomic E-state index is 0.0725. The lowest BCUT2D eigenvalue weighted by Gasteiger charge is -2.18. The lowest BCUT2D eigenvalue weighted by Crippen LogP contribution is -2.30. The van der Waals surface area contributed by atoms with Crippen molar-refractivity contribution in [2.45, 2.75) is 348 Å². The zero-order chi connectivity index (χ0) is 50.0. The maximum Gasteiger partial charge on any atom is 0.306 e. The SMILES string of the molecule is CCCCCCCCC/C=C\CCCCCCCC(=O)OC[C@H](COC(=O)CCCCCCCCCCCCCCCCCCCCC)OC(=O)CCCCCCC/C=C\CCCCCCCCC. The first kappa shape index (κ1) is 66.9. The molecule has 1 atom stereocenters. The van der Waals surface area contributed by atoms with Gasteiger partial charge in [0.15, 0.2) is 6.10 Å². The summed E-state index contributed by atoms with van der Waals surface area (Å²) < 4.78 is 16.9. The number of rotatable bonds is 57. The van der Waals surface area contributed by atoms with E-state index in [1.165, 1.54) is 231 Å². The van der Waals surface area contributed by atoms with Crippen LogP contribution in [-0.4, -0.2) is 37.2 Å². The molecule has 0 radical (unpaired) electrons. The van der Waals surface area contributed by atoms with E-state index in [1.807, 2.05) is 0 Å². The minimum atomic E-state index is -0.776. The summed E-state index contributed by atoms with van der Waals surface area (Å²) in [6.07, 6.45) is 68.9. The van der Waals surface area contributed by atoms with Gasteiger partial charge in [-0.1, -0.05) is 276 Å². The van der Waals surface area contributed by atoms with Crippen LogP contribution >= 0.6 is 0 Å². The van der Waals surface area contributed by atoms with Crippen molar-refractivity contribution in [3.8, 4) is 0 Å². The van der Waals surface area contributed by atoms with Gasteiger partial charge in [0.25, 0.3) is 0 Å². The van der Waals surface area contributed by atoms with Gasteiger partial charge >= 0.3 is 17.9 Å². The van der Waals surface area contributed by atoms with Crippen molar-refractivity contribution in [2.24, 2.45) is 0 Å². The fourth-order valence-electron chi connectivity index (χ4n) is 9.26. The van der Waals surface area contributed by atoms with Gasteiger partial charge in [0.05, 0.1) is 0 Å². The van der Waals surface area contributed by atoms with Gasteiger partial charge in [-0.2, -0.15) is 0 Å². The van der Waals surface area contributed by atoms with Gasteiger partial charge in [0.2, 0.25) is 0 Å². The molecular weight excluding hydrogens is 853 g/mol. The maximum atomic E-state index is 12.9. The zero-order valence-electron chi connectivity index (χ0n) is 46.6. The molecular formula is C63H118O6. The van der Waals surface area contributed by atoms with Crippen LogP contribution in [0, 0.1) is 0 Å². The summed E-state index contributed by atoms with van der Waals surface area (Å²) in [5.41, 5.74) is 0. The highest BCUT2D eigenvalue weighted by molar-refractivity contribution is 5.71. The Morgan fingerprint density at radius 1 is 0.275 bits per heavy atom. The van der Waals surface area contributed by atoms with Gasteiger partial charge in [-0.05, 0) is 70.6 Å². The van der Waals surface area contributed by atoms with Crippen LogP contribution in [0.15, 0.2) is 24.3 Å². The first-order chi connectivity index (χ1) is 34.0. The van der Waals surface area contributed by atoms with Gasteiger partial charge in [-0.3, -0.25) is 14.4 Å². The maximum absolute atomic E-state index is 12.9. The Morgan fingerprint density at radius 2 is 0.478 bits per heavy atom. The Hall–Kier alpha value is -2.11. The molecule has 0 spiro atoms. The van der Waals surface area contributed by atoms with E-state index in [2.05, 4.69) is 45.1 Å². The first-order valence-corrected chi connectivity index (χ1v) is 30.8. The third-order valence-corrected chi connectivity index (χ3v) is 13.9. The Labute approximate surface area is 430 Å². The minimum Gasteiger partial charge on any atom is -0.462 e. The van der Waals surface area contributed by atoms with Crippen LogP contribution in [0.2, 0.25) is 0 Å². The second-order valence-corrected chi connectivity index (χ2v) is 21.0. The van der Waals surface area contributed by atoms with Crippen molar-refractivity contribution in [3.05, 3.63) is 24.3 Å². The fourth-order valence-corrected chi connectivity index (χ4v) is 9.26. The molecule has 0 aromatic rings. The molecule has 0 aromatic carbocycles. The summed E-state index contributed by atoms with van der Waals surface area (Å²) in [6, 6.07) is 0. The van der Waals surface area contributed by atoms with Gasteiger partial charge in [-0.15, -0.1) is 0 Å². The van der Waals surface area contributed by atoms with Gasteiger partial charge < -0.3 is 14.2 Å². The molecule has 0 aliphatic carbocycles. The zero-order valence-corrected chi connectivity index (χ0v) is 46.6. The first-order valence-electron chi connectivity index (χ1n) is 30.8. The van der Waals surface area contributed by atoms with E-state index < -0.39 is 6.10 Å². The van der Waals surface area contributed by atoms with E-state index in [9.17, 15) is 14.4 Å². The van der Waals surface area contributed by atoms with Gasteiger partial charge in [0, 0.05) is 19.3 Å². The normalized spacial score (nSPS) is 12.1. The molecule has 406 valence electrons. The summed E-state index contributed by atoms with van der Waals surface area (Å²) in [5.74, 6) is -0.866. The van der Waals surface area contributed by atoms with Crippen molar-refractivity contribution < 1.29 is 28.6 Å². The molecule has 0 bridgehead atoms. The average Bonchev–Trinajstić information content (AvgIpc) is 3.35. The lowest BCUT2D eigenvalue weighted by molar-refractivity contribution is -0.167. The van der Waals surface area contributed by atoms with Crippen LogP contribution in [0.1, 0.15) is 342 Å². The summed E-state index contributed by atoms with van der Waals surface area (Å²) in [6.45, 7) is 6.68. The second-order valence-electron chi connectivity index (χ2n) is 21.0.